The van der Waals surface area contributed by atoms with Crippen LogP contribution in [0.5, 0.6) is 0 Å². The second-order valence-corrected chi connectivity index (χ2v) is 5.21. The second kappa shape index (κ2) is 6.53. The van der Waals surface area contributed by atoms with Crippen molar-refractivity contribution in [3.05, 3.63) is 53.1 Å². The third kappa shape index (κ3) is 3.93. The number of benzene rings is 1. The highest BCUT2D eigenvalue weighted by Crippen LogP contribution is 2.15. The standard InChI is InChI=1S/C16H23N3/c1-13-9-14(2)16(15(3)10-13)11-17-5-4-7-19-8-6-18-12-19/h6,8-10,12,17H,4-5,7,11H2,1-3H3. The molecule has 0 radical (unpaired) electrons. The van der Waals surface area contributed by atoms with Gasteiger partial charge in [0.25, 0.3) is 0 Å². The molecule has 1 aromatic carbocycles. The molecule has 0 aliphatic rings. The van der Waals surface area contributed by atoms with Crippen LogP contribution in [0.2, 0.25) is 0 Å². The molecule has 0 amide bonds. The first-order valence-electron chi connectivity index (χ1n) is 6.90. The Balaban J connectivity index is 1.77. The van der Waals surface area contributed by atoms with Gasteiger partial charge < -0.3 is 9.88 Å². The van der Waals surface area contributed by atoms with Gasteiger partial charge in [0.1, 0.15) is 0 Å². The molecule has 2 rings (SSSR count). The summed E-state index contributed by atoms with van der Waals surface area (Å²) in [7, 11) is 0. The smallest absolute Gasteiger partial charge is 0.0945 e. The Morgan fingerprint density at radius 3 is 2.53 bits per heavy atom. The van der Waals surface area contributed by atoms with Crippen molar-refractivity contribution in [2.24, 2.45) is 0 Å². The topological polar surface area (TPSA) is 29.9 Å². The maximum absolute atomic E-state index is 4.04. The summed E-state index contributed by atoms with van der Waals surface area (Å²) < 4.78 is 2.12. The first kappa shape index (κ1) is 13.8. The van der Waals surface area contributed by atoms with Crippen LogP contribution in [0.1, 0.15) is 28.7 Å². The molecule has 102 valence electrons. The minimum atomic E-state index is 0.960. The van der Waals surface area contributed by atoms with Crippen LogP contribution >= 0.6 is 0 Å². The van der Waals surface area contributed by atoms with Crippen molar-refractivity contribution in [3.63, 3.8) is 0 Å². The average Bonchev–Trinajstić information content (AvgIpc) is 2.84. The number of rotatable bonds is 6. The Labute approximate surface area is 115 Å². The van der Waals surface area contributed by atoms with Crippen LogP contribution in [0.15, 0.2) is 30.9 Å². The quantitative estimate of drug-likeness (QED) is 0.806. The van der Waals surface area contributed by atoms with Gasteiger partial charge in [0.2, 0.25) is 0 Å². The maximum Gasteiger partial charge on any atom is 0.0945 e. The lowest BCUT2D eigenvalue weighted by Crippen LogP contribution is -2.17. The van der Waals surface area contributed by atoms with Gasteiger partial charge in [-0.3, -0.25) is 0 Å². The Morgan fingerprint density at radius 1 is 1.16 bits per heavy atom. The number of imidazole rings is 1. The number of hydrogen-bond donors (Lipinski definition) is 1. The zero-order chi connectivity index (χ0) is 13.7. The molecule has 0 saturated heterocycles. The van der Waals surface area contributed by atoms with Gasteiger partial charge in [-0.1, -0.05) is 17.7 Å². The van der Waals surface area contributed by atoms with Gasteiger partial charge in [-0.05, 0) is 50.4 Å². The summed E-state index contributed by atoms with van der Waals surface area (Å²) in [5.74, 6) is 0. The average molecular weight is 257 g/mol. The molecular formula is C16H23N3. The third-order valence-electron chi connectivity index (χ3n) is 3.47. The normalized spacial score (nSPS) is 10.9. The van der Waals surface area contributed by atoms with Crippen LogP contribution in [0.4, 0.5) is 0 Å². The number of hydrogen-bond acceptors (Lipinski definition) is 2. The fourth-order valence-electron chi connectivity index (χ4n) is 2.51. The molecule has 1 N–H and O–H groups in total. The monoisotopic (exact) mass is 257 g/mol. The lowest BCUT2D eigenvalue weighted by molar-refractivity contribution is 0.579. The highest BCUT2D eigenvalue weighted by Gasteiger charge is 2.03. The summed E-state index contributed by atoms with van der Waals surface area (Å²) in [4.78, 5) is 4.04. The summed E-state index contributed by atoms with van der Waals surface area (Å²) in [5, 5.41) is 3.53. The first-order chi connectivity index (χ1) is 9.16. The van der Waals surface area contributed by atoms with Crippen LogP contribution in [-0.4, -0.2) is 16.1 Å². The molecular weight excluding hydrogens is 234 g/mol. The molecule has 0 unspecified atom stereocenters. The van der Waals surface area contributed by atoms with E-state index in [0.717, 1.165) is 26.1 Å². The minimum absolute atomic E-state index is 0.960. The predicted molar refractivity (Wildman–Crippen MR) is 79.2 cm³/mol. The van der Waals surface area contributed by atoms with Crippen molar-refractivity contribution in [2.45, 2.75) is 40.3 Å². The van der Waals surface area contributed by atoms with Gasteiger partial charge in [0.05, 0.1) is 6.33 Å². The van der Waals surface area contributed by atoms with E-state index in [-0.39, 0.29) is 0 Å². The largest absolute Gasteiger partial charge is 0.337 e. The molecule has 0 saturated carbocycles. The van der Waals surface area contributed by atoms with Crippen LogP contribution in [0.25, 0.3) is 0 Å². The van der Waals surface area contributed by atoms with E-state index >= 15 is 0 Å². The molecule has 0 aliphatic heterocycles. The minimum Gasteiger partial charge on any atom is -0.337 e. The molecule has 3 nitrogen and oxygen atoms in total. The van der Waals surface area contributed by atoms with Crippen molar-refractivity contribution in [1.82, 2.24) is 14.9 Å². The number of nitrogens with zero attached hydrogens (tertiary/aromatic N) is 2. The summed E-state index contributed by atoms with van der Waals surface area (Å²) in [6, 6.07) is 4.52. The molecule has 1 aromatic heterocycles. The van der Waals surface area contributed by atoms with E-state index in [1.54, 1.807) is 0 Å². The highest BCUT2D eigenvalue weighted by atomic mass is 15.0. The van der Waals surface area contributed by atoms with E-state index < -0.39 is 0 Å². The molecule has 0 atom stereocenters. The van der Waals surface area contributed by atoms with E-state index in [0.29, 0.717) is 0 Å². The summed E-state index contributed by atoms with van der Waals surface area (Å²) in [6.45, 7) is 9.57. The van der Waals surface area contributed by atoms with Gasteiger partial charge in [0, 0.05) is 25.5 Å². The molecule has 3 heteroatoms. The van der Waals surface area contributed by atoms with Gasteiger partial charge >= 0.3 is 0 Å². The summed E-state index contributed by atoms with van der Waals surface area (Å²) >= 11 is 0. The Morgan fingerprint density at radius 2 is 1.89 bits per heavy atom. The Hall–Kier alpha value is -1.61. The van der Waals surface area contributed by atoms with Gasteiger partial charge in [-0.15, -0.1) is 0 Å². The molecule has 0 fully saturated rings. The number of aryl methyl sites for hydroxylation is 4. The SMILES string of the molecule is Cc1cc(C)c(CNCCCn2ccnc2)c(C)c1. The zero-order valence-electron chi connectivity index (χ0n) is 12.1. The lowest BCUT2D eigenvalue weighted by atomic mass is 10.00. The van der Waals surface area contributed by atoms with E-state index in [4.69, 9.17) is 0 Å². The second-order valence-electron chi connectivity index (χ2n) is 5.21. The summed E-state index contributed by atoms with van der Waals surface area (Å²) in [5.41, 5.74) is 5.56. The van der Waals surface area contributed by atoms with Crippen LogP contribution in [0.3, 0.4) is 0 Å². The van der Waals surface area contributed by atoms with E-state index in [2.05, 4.69) is 47.8 Å². The fraction of sp³-hybridized carbons (Fsp3) is 0.438. The fourth-order valence-corrected chi connectivity index (χ4v) is 2.51. The molecule has 19 heavy (non-hydrogen) atoms. The summed E-state index contributed by atoms with van der Waals surface area (Å²) in [6.07, 6.45) is 6.83. The van der Waals surface area contributed by atoms with Crippen LogP contribution in [-0.2, 0) is 13.1 Å². The number of aromatic nitrogens is 2. The van der Waals surface area contributed by atoms with Crippen molar-refractivity contribution >= 4 is 0 Å². The molecule has 2 aromatic rings. The Bertz CT molecular complexity index is 492. The molecule has 0 aliphatic carbocycles. The molecule has 0 spiro atoms. The maximum atomic E-state index is 4.04. The number of nitrogens with one attached hydrogen (secondary N) is 1. The van der Waals surface area contributed by atoms with Crippen molar-refractivity contribution in [2.75, 3.05) is 6.54 Å². The predicted octanol–water partition coefficient (Wildman–Crippen LogP) is 2.99. The van der Waals surface area contributed by atoms with Gasteiger partial charge in [0.15, 0.2) is 0 Å². The van der Waals surface area contributed by atoms with Gasteiger partial charge in [-0.2, -0.15) is 0 Å². The zero-order valence-corrected chi connectivity index (χ0v) is 12.1. The van der Waals surface area contributed by atoms with Crippen LogP contribution < -0.4 is 5.32 Å². The lowest BCUT2D eigenvalue weighted by Gasteiger charge is -2.12. The first-order valence-corrected chi connectivity index (χ1v) is 6.90. The van der Waals surface area contributed by atoms with E-state index in [1.165, 1.54) is 22.3 Å². The molecule has 0 bridgehead atoms. The van der Waals surface area contributed by atoms with Crippen molar-refractivity contribution < 1.29 is 0 Å². The Kier molecular flexibility index (Phi) is 4.74. The van der Waals surface area contributed by atoms with E-state index in [9.17, 15) is 0 Å². The molecule has 1 heterocycles. The van der Waals surface area contributed by atoms with Crippen molar-refractivity contribution in [1.29, 1.82) is 0 Å². The van der Waals surface area contributed by atoms with E-state index in [1.807, 2.05) is 18.7 Å². The van der Waals surface area contributed by atoms with Gasteiger partial charge in [-0.25, -0.2) is 4.98 Å². The third-order valence-corrected chi connectivity index (χ3v) is 3.47. The van der Waals surface area contributed by atoms with Crippen LogP contribution in [0, 0.1) is 20.8 Å². The van der Waals surface area contributed by atoms with Crippen molar-refractivity contribution in [3.8, 4) is 0 Å². The highest BCUT2D eigenvalue weighted by molar-refractivity contribution is 5.37.